The lowest BCUT2D eigenvalue weighted by molar-refractivity contribution is -0.132. The predicted molar refractivity (Wildman–Crippen MR) is 80.8 cm³/mol. The van der Waals surface area contributed by atoms with Crippen molar-refractivity contribution in [2.45, 2.75) is 19.8 Å². The van der Waals surface area contributed by atoms with Gasteiger partial charge in [-0.05, 0) is 18.9 Å². The largest absolute Gasteiger partial charge is 0.340 e. The molecule has 0 saturated carbocycles. The highest BCUT2D eigenvalue weighted by Gasteiger charge is 2.26. The predicted octanol–water partition coefficient (Wildman–Crippen LogP) is 0.275. The first-order valence-electron chi connectivity index (χ1n) is 6.97. The Morgan fingerprint density at radius 2 is 1.71 bits per heavy atom. The van der Waals surface area contributed by atoms with Gasteiger partial charge in [-0.2, -0.15) is 12.7 Å². The summed E-state index contributed by atoms with van der Waals surface area (Å²) in [5, 5.41) is 5.07. The summed E-state index contributed by atoms with van der Waals surface area (Å²) in [5.41, 5.74) is 2.33. The molecule has 1 heterocycles. The van der Waals surface area contributed by atoms with Crippen LogP contribution < -0.4 is 5.14 Å². The molecule has 6 nitrogen and oxygen atoms in total. The topological polar surface area (TPSA) is 83.7 Å². The van der Waals surface area contributed by atoms with E-state index in [0.717, 1.165) is 5.56 Å². The van der Waals surface area contributed by atoms with Gasteiger partial charge in [-0.3, -0.25) is 4.79 Å². The zero-order valence-corrected chi connectivity index (χ0v) is 13.0. The number of hydrogen-bond donors (Lipinski definition) is 1. The standard InChI is InChI=1S/C14H21N3O3S/c1-12-2-4-13(5-3-12)6-7-14(18)16-8-10-17(11-9-16)21(15,19)20/h2-5H,6-11H2,1H3,(H2,15,19,20). The van der Waals surface area contributed by atoms with Gasteiger partial charge >= 0.3 is 0 Å². The van der Waals surface area contributed by atoms with Crippen molar-refractivity contribution >= 4 is 16.1 Å². The van der Waals surface area contributed by atoms with Crippen molar-refractivity contribution in [3.63, 3.8) is 0 Å². The van der Waals surface area contributed by atoms with Crippen LogP contribution in [0.1, 0.15) is 17.5 Å². The molecule has 0 spiro atoms. The van der Waals surface area contributed by atoms with Crippen molar-refractivity contribution in [1.82, 2.24) is 9.21 Å². The zero-order chi connectivity index (χ0) is 15.5. The van der Waals surface area contributed by atoms with E-state index in [4.69, 9.17) is 5.14 Å². The van der Waals surface area contributed by atoms with Crippen molar-refractivity contribution in [2.24, 2.45) is 5.14 Å². The lowest BCUT2D eigenvalue weighted by Crippen LogP contribution is -2.52. The van der Waals surface area contributed by atoms with Gasteiger partial charge in [0, 0.05) is 32.6 Å². The number of benzene rings is 1. The quantitative estimate of drug-likeness (QED) is 0.866. The van der Waals surface area contributed by atoms with Gasteiger partial charge in [0.25, 0.3) is 10.2 Å². The molecule has 7 heteroatoms. The van der Waals surface area contributed by atoms with Crippen molar-refractivity contribution in [3.05, 3.63) is 35.4 Å². The molecule has 1 fully saturated rings. The molecule has 21 heavy (non-hydrogen) atoms. The van der Waals surface area contributed by atoms with Crippen molar-refractivity contribution in [2.75, 3.05) is 26.2 Å². The second kappa shape index (κ2) is 6.55. The zero-order valence-electron chi connectivity index (χ0n) is 12.2. The highest BCUT2D eigenvalue weighted by Crippen LogP contribution is 2.10. The highest BCUT2D eigenvalue weighted by atomic mass is 32.2. The average molecular weight is 311 g/mol. The summed E-state index contributed by atoms with van der Waals surface area (Å²) in [6.45, 7) is 3.39. The van der Waals surface area contributed by atoms with Crippen LogP contribution in [0.4, 0.5) is 0 Å². The van der Waals surface area contributed by atoms with Crippen LogP contribution in [0, 0.1) is 6.92 Å². The van der Waals surface area contributed by atoms with E-state index in [2.05, 4.69) is 0 Å². The lowest BCUT2D eigenvalue weighted by Gasteiger charge is -2.33. The maximum absolute atomic E-state index is 12.1. The Morgan fingerprint density at radius 1 is 1.14 bits per heavy atom. The summed E-state index contributed by atoms with van der Waals surface area (Å²) in [6, 6.07) is 8.12. The van der Waals surface area contributed by atoms with Gasteiger partial charge in [0.15, 0.2) is 0 Å². The van der Waals surface area contributed by atoms with Gasteiger partial charge in [0.2, 0.25) is 5.91 Å². The molecule has 0 radical (unpaired) electrons. The number of nitrogens with two attached hydrogens (primary N) is 1. The van der Waals surface area contributed by atoms with Crippen molar-refractivity contribution in [3.8, 4) is 0 Å². The van der Waals surface area contributed by atoms with Crippen molar-refractivity contribution in [1.29, 1.82) is 0 Å². The summed E-state index contributed by atoms with van der Waals surface area (Å²) in [7, 11) is -3.64. The summed E-state index contributed by atoms with van der Waals surface area (Å²) in [6.07, 6.45) is 1.15. The molecule has 1 aromatic carbocycles. The van der Waals surface area contributed by atoms with Crippen LogP contribution >= 0.6 is 0 Å². The highest BCUT2D eigenvalue weighted by molar-refractivity contribution is 7.86. The van der Waals surface area contributed by atoms with Gasteiger partial charge in [-0.15, -0.1) is 0 Å². The molecule has 116 valence electrons. The number of hydrogen-bond acceptors (Lipinski definition) is 3. The fourth-order valence-corrected chi connectivity index (χ4v) is 3.03. The van der Waals surface area contributed by atoms with Gasteiger partial charge in [0.05, 0.1) is 0 Å². The molecule has 1 saturated heterocycles. The Balaban J connectivity index is 1.81. The molecule has 2 N–H and O–H groups in total. The van der Waals surface area contributed by atoms with Gasteiger partial charge in [-0.25, -0.2) is 5.14 Å². The first kappa shape index (κ1) is 15.9. The summed E-state index contributed by atoms with van der Waals surface area (Å²) < 4.78 is 23.6. The van der Waals surface area contributed by atoms with Gasteiger partial charge in [-0.1, -0.05) is 29.8 Å². The Kier molecular flexibility index (Phi) is 4.97. The van der Waals surface area contributed by atoms with Crippen LogP contribution in [0.5, 0.6) is 0 Å². The maximum atomic E-state index is 12.1. The molecule has 1 aliphatic heterocycles. The van der Waals surface area contributed by atoms with Crippen LogP contribution in [0.15, 0.2) is 24.3 Å². The molecule has 1 aliphatic rings. The van der Waals surface area contributed by atoms with Gasteiger partial charge in [0.1, 0.15) is 0 Å². The Hall–Kier alpha value is -1.44. The molecule has 1 aromatic rings. The number of aryl methyl sites for hydroxylation is 2. The van der Waals surface area contributed by atoms with E-state index in [1.165, 1.54) is 9.87 Å². The van der Waals surface area contributed by atoms with E-state index in [9.17, 15) is 13.2 Å². The van der Waals surface area contributed by atoms with Crippen LogP contribution in [-0.2, 0) is 21.4 Å². The SMILES string of the molecule is Cc1ccc(CCC(=O)N2CCN(S(N)(=O)=O)CC2)cc1. The van der Waals surface area contributed by atoms with E-state index >= 15 is 0 Å². The maximum Gasteiger partial charge on any atom is 0.277 e. The van der Waals surface area contributed by atoms with E-state index in [1.807, 2.05) is 31.2 Å². The minimum Gasteiger partial charge on any atom is -0.340 e. The summed E-state index contributed by atoms with van der Waals surface area (Å²) in [5.74, 6) is 0.0599. The van der Waals surface area contributed by atoms with E-state index in [-0.39, 0.29) is 19.0 Å². The Labute approximate surface area is 125 Å². The number of rotatable bonds is 4. The second-order valence-corrected chi connectivity index (χ2v) is 6.86. The number of amides is 1. The second-order valence-electron chi connectivity index (χ2n) is 5.31. The molecule has 0 aliphatic carbocycles. The molecule has 0 atom stereocenters. The molecular weight excluding hydrogens is 290 g/mol. The fraction of sp³-hybridized carbons (Fsp3) is 0.500. The molecule has 2 rings (SSSR count). The third-order valence-electron chi connectivity index (χ3n) is 3.70. The summed E-state index contributed by atoms with van der Waals surface area (Å²) in [4.78, 5) is 13.8. The van der Waals surface area contributed by atoms with Crippen LogP contribution in [0.3, 0.4) is 0 Å². The van der Waals surface area contributed by atoms with E-state index < -0.39 is 10.2 Å². The third-order valence-corrected chi connectivity index (χ3v) is 4.78. The lowest BCUT2D eigenvalue weighted by atomic mass is 10.1. The van der Waals surface area contributed by atoms with E-state index in [1.54, 1.807) is 4.90 Å². The minimum atomic E-state index is -3.64. The Morgan fingerprint density at radius 3 is 2.24 bits per heavy atom. The van der Waals surface area contributed by atoms with Crippen LogP contribution in [0.25, 0.3) is 0 Å². The molecule has 0 bridgehead atoms. The third kappa shape index (κ3) is 4.52. The number of piperazine rings is 1. The summed E-state index contributed by atoms with van der Waals surface area (Å²) >= 11 is 0. The van der Waals surface area contributed by atoms with Gasteiger partial charge < -0.3 is 4.90 Å². The Bertz CT molecular complexity index is 590. The first-order valence-corrected chi connectivity index (χ1v) is 8.48. The van der Waals surface area contributed by atoms with Crippen LogP contribution in [0.2, 0.25) is 0 Å². The smallest absolute Gasteiger partial charge is 0.277 e. The minimum absolute atomic E-state index is 0.0599. The number of nitrogens with zero attached hydrogens (tertiary/aromatic N) is 2. The first-order chi connectivity index (χ1) is 9.86. The molecule has 0 unspecified atom stereocenters. The molecule has 1 amide bonds. The molecule has 0 aromatic heterocycles. The van der Waals surface area contributed by atoms with E-state index in [0.29, 0.717) is 25.9 Å². The molecular formula is C14H21N3O3S. The average Bonchev–Trinajstić information content (AvgIpc) is 2.45. The fourth-order valence-electron chi connectivity index (χ4n) is 2.36. The van der Waals surface area contributed by atoms with Crippen molar-refractivity contribution < 1.29 is 13.2 Å². The normalized spacial score (nSPS) is 17.0. The number of carbonyl (C=O) groups is 1. The van der Waals surface area contributed by atoms with Crippen LogP contribution in [-0.4, -0.2) is 49.7 Å². The monoisotopic (exact) mass is 311 g/mol. The number of carbonyl (C=O) groups excluding carboxylic acids is 1.